The number of rotatable bonds is 9. The van der Waals surface area contributed by atoms with Crippen molar-refractivity contribution >= 4 is 22.2 Å². The molecule has 1 N–H and O–H groups in total. The fraction of sp³-hybridized carbons (Fsp3) is 0.368. The van der Waals surface area contributed by atoms with Gasteiger partial charge in [-0.2, -0.15) is 5.26 Å². The summed E-state index contributed by atoms with van der Waals surface area (Å²) < 4.78 is 10.9. The van der Waals surface area contributed by atoms with Gasteiger partial charge in [0.05, 0.1) is 25.8 Å². The smallest absolute Gasteiger partial charge is 0.239 e. The Morgan fingerprint density at radius 3 is 2.77 bits per heavy atom. The molecule has 138 valence electrons. The van der Waals surface area contributed by atoms with E-state index in [4.69, 9.17) is 14.7 Å². The zero-order chi connectivity index (χ0) is 18.9. The van der Waals surface area contributed by atoms with E-state index in [1.165, 1.54) is 11.3 Å². The van der Waals surface area contributed by atoms with E-state index in [1.54, 1.807) is 18.6 Å². The number of nitrogens with zero attached hydrogens (tertiary/aromatic N) is 2. The van der Waals surface area contributed by atoms with E-state index in [0.717, 1.165) is 12.1 Å². The summed E-state index contributed by atoms with van der Waals surface area (Å²) in [5.41, 5.74) is 1.52. The Kier molecular flexibility index (Phi) is 7.45. The van der Waals surface area contributed by atoms with Crippen LogP contribution in [0.2, 0.25) is 0 Å². The SMILES string of the molecule is CCOc1ccc(CN(CC)CC(=O)Nc2sccc2C#N)cc1OC. The number of methoxy groups -OCH3 is 1. The first-order valence-electron chi connectivity index (χ1n) is 8.40. The second-order valence-corrected chi connectivity index (χ2v) is 6.46. The average molecular weight is 373 g/mol. The van der Waals surface area contributed by atoms with Crippen LogP contribution in [0, 0.1) is 11.3 Å². The summed E-state index contributed by atoms with van der Waals surface area (Å²) in [6.07, 6.45) is 0. The minimum atomic E-state index is -0.135. The molecule has 2 rings (SSSR count). The Balaban J connectivity index is 2.00. The largest absolute Gasteiger partial charge is 0.493 e. The first kappa shape index (κ1) is 19.8. The molecule has 1 aromatic heterocycles. The van der Waals surface area contributed by atoms with Crippen LogP contribution in [0.5, 0.6) is 11.5 Å². The van der Waals surface area contributed by atoms with Crippen molar-refractivity contribution in [2.24, 2.45) is 0 Å². The molecule has 1 heterocycles. The van der Waals surface area contributed by atoms with Gasteiger partial charge >= 0.3 is 0 Å². The summed E-state index contributed by atoms with van der Waals surface area (Å²) in [5, 5.41) is 14.2. The molecule has 0 radical (unpaired) electrons. The lowest BCUT2D eigenvalue weighted by Gasteiger charge is -2.20. The molecule has 2 aromatic rings. The molecule has 0 saturated carbocycles. The maximum atomic E-state index is 12.3. The monoisotopic (exact) mass is 373 g/mol. The van der Waals surface area contributed by atoms with Crippen molar-refractivity contribution in [1.29, 1.82) is 5.26 Å². The van der Waals surface area contributed by atoms with Gasteiger partial charge in [0.15, 0.2) is 11.5 Å². The highest BCUT2D eigenvalue weighted by atomic mass is 32.1. The quantitative estimate of drug-likeness (QED) is 0.728. The van der Waals surface area contributed by atoms with E-state index >= 15 is 0 Å². The number of thiophene rings is 1. The number of nitriles is 1. The maximum absolute atomic E-state index is 12.3. The Labute approximate surface area is 158 Å². The maximum Gasteiger partial charge on any atom is 0.239 e. The molecular formula is C19H23N3O3S. The third kappa shape index (κ3) is 5.22. The second kappa shape index (κ2) is 9.80. The van der Waals surface area contributed by atoms with Crippen LogP contribution in [-0.4, -0.2) is 37.6 Å². The number of likely N-dealkylation sites (N-methyl/N-ethyl adjacent to an activating group) is 1. The Morgan fingerprint density at radius 1 is 1.31 bits per heavy atom. The minimum Gasteiger partial charge on any atom is -0.493 e. The fourth-order valence-corrected chi connectivity index (χ4v) is 3.24. The summed E-state index contributed by atoms with van der Waals surface area (Å²) >= 11 is 1.35. The van der Waals surface area contributed by atoms with E-state index in [2.05, 4.69) is 11.4 Å². The number of ether oxygens (including phenoxy) is 2. The van der Waals surface area contributed by atoms with Gasteiger partial charge in [-0.25, -0.2) is 0 Å². The normalized spacial score (nSPS) is 10.4. The zero-order valence-corrected chi connectivity index (χ0v) is 16.1. The average Bonchev–Trinajstić information content (AvgIpc) is 3.09. The van der Waals surface area contributed by atoms with E-state index < -0.39 is 0 Å². The van der Waals surface area contributed by atoms with Gasteiger partial charge in [0.25, 0.3) is 0 Å². The van der Waals surface area contributed by atoms with Crippen molar-refractivity contribution < 1.29 is 14.3 Å². The third-order valence-electron chi connectivity index (χ3n) is 3.79. The summed E-state index contributed by atoms with van der Waals surface area (Å²) in [6, 6.07) is 9.56. The minimum absolute atomic E-state index is 0.135. The van der Waals surface area contributed by atoms with Crippen molar-refractivity contribution in [3.63, 3.8) is 0 Å². The number of amides is 1. The molecule has 0 fully saturated rings. The van der Waals surface area contributed by atoms with E-state index in [-0.39, 0.29) is 12.5 Å². The van der Waals surface area contributed by atoms with Gasteiger partial charge < -0.3 is 14.8 Å². The molecule has 0 bridgehead atoms. The first-order chi connectivity index (χ1) is 12.6. The zero-order valence-electron chi connectivity index (χ0n) is 15.2. The van der Waals surface area contributed by atoms with Gasteiger partial charge in [-0.05, 0) is 42.6 Å². The van der Waals surface area contributed by atoms with Crippen LogP contribution in [0.4, 0.5) is 5.00 Å². The molecule has 1 aromatic carbocycles. The molecule has 0 aliphatic carbocycles. The van der Waals surface area contributed by atoms with Crippen LogP contribution < -0.4 is 14.8 Å². The van der Waals surface area contributed by atoms with Crippen LogP contribution in [0.15, 0.2) is 29.6 Å². The predicted molar refractivity (Wildman–Crippen MR) is 103 cm³/mol. The molecule has 0 atom stereocenters. The van der Waals surface area contributed by atoms with Gasteiger partial charge in [0, 0.05) is 6.54 Å². The van der Waals surface area contributed by atoms with Gasteiger partial charge in [-0.1, -0.05) is 13.0 Å². The van der Waals surface area contributed by atoms with Gasteiger partial charge in [0.2, 0.25) is 5.91 Å². The molecule has 0 spiro atoms. The Morgan fingerprint density at radius 2 is 2.12 bits per heavy atom. The van der Waals surface area contributed by atoms with E-state index in [0.29, 0.717) is 35.2 Å². The molecule has 26 heavy (non-hydrogen) atoms. The second-order valence-electron chi connectivity index (χ2n) is 5.54. The van der Waals surface area contributed by atoms with Crippen LogP contribution >= 0.6 is 11.3 Å². The lowest BCUT2D eigenvalue weighted by atomic mass is 10.2. The fourth-order valence-electron chi connectivity index (χ4n) is 2.49. The molecule has 0 unspecified atom stereocenters. The Hall–Kier alpha value is -2.56. The number of anilines is 1. The molecule has 6 nitrogen and oxygen atoms in total. The standard InChI is InChI=1S/C19H23N3O3S/c1-4-22(13-18(23)21-19-15(11-20)8-9-26-19)12-14-6-7-16(25-5-2)17(10-14)24-3/h6-10H,4-5,12-13H2,1-3H3,(H,21,23). The third-order valence-corrected chi connectivity index (χ3v) is 4.62. The molecule has 0 aliphatic rings. The molecule has 7 heteroatoms. The lowest BCUT2D eigenvalue weighted by molar-refractivity contribution is -0.117. The number of carbonyl (C=O) groups is 1. The summed E-state index contributed by atoms with van der Waals surface area (Å²) in [7, 11) is 1.61. The molecule has 1 amide bonds. The number of hydrogen-bond donors (Lipinski definition) is 1. The van der Waals surface area contributed by atoms with Crippen LogP contribution in [0.3, 0.4) is 0 Å². The van der Waals surface area contributed by atoms with Gasteiger partial charge in [-0.15, -0.1) is 11.3 Å². The Bertz CT molecular complexity index is 783. The van der Waals surface area contributed by atoms with E-state index in [1.807, 2.05) is 36.9 Å². The van der Waals surface area contributed by atoms with Gasteiger partial charge in [-0.3, -0.25) is 9.69 Å². The number of benzene rings is 1. The van der Waals surface area contributed by atoms with Crippen molar-refractivity contribution in [3.05, 3.63) is 40.8 Å². The number of hydrogen-bond acceptors (Lipinski definition) is 6. The topological polar surface area (TPSA) is 74.6 Å². The van der Waals surface area contributed by atoms with Crippen molar-refractivity contribution in [2.45, 2.75) is 20.4 Å². The van der Waals surface area contributed by atoms with E-state index in [9.17, 15) is 4.79 Å². The van der Waals surface area contributed by atoms with Crippen LogP contribution in [-0.2, 0) is 11.3 Å². The number of nitrogens with one attached hydrogen (secondary N) is 1. The highest BCUT2D eigenvalue weighted by molar-refractivity contribution is 7.14. The van der Waals surface area contributed by atoms with Crippen molar-refractivity contribution in [3.8, 4) is 17.6 Å². The highest BCUT2D eigenvalue weighted by Crippen LogP contribution is 2.28. The van der Waals surface area contributed by atoms with Crippen molar-refractivity contribution in [2.75, 3.05) is 32.1 Å². The number of carbonyl (C=O) groups excluding carboxylic acids is 1. The van der Waals surface area contributed by atoms with Crippen LogP contribution in [0.25, 0.3) is 0 Å². The molecule has 0 aliphatic heterocycles. The summed E-state index contributed by atoms with van der Waals surface area (Å²) in [5.74, 6) is 1.26. The molecular weight excluding hydrogens is 350 g/mol. The summed E-state index contributed by atoms with van der Waals surface area (Å²) in [6.45, 7) is 6.08. The summed E-state index contributed by atoms with van der Waals surface area (Å²) in [4.78, 5) is 14.3. The first-order valence-corrected chi connectivity index (χ1v) is 9.28. The highest BCUT2D eigenvalue weighted by Gasteiger charge is 2.14. The van der Waals surface area contributed by atoms with Crippen molar-refractivity contribution in [1.82, 2.24) is 4.90 Å². The predicted octanol–water partition coefficient (Wildman–Crippen LogP) is 3.49. The lowest BCUT2D eigenvalue weighted by Crippen LogP contribution is -2.32. The molecule has 0 saturated heterocycles. The van der Waals surface area contributed by atoms with Crippen LogP contribution in [0.1, 0.15) is 25.0 Å². The van der Waals surface area contributed by atoms with Gasteiger partial charge in [0.1, 0.15) is 11.1 Å².